The van der Waals surface area contributed by atoms with Gasteiger partial charge in [-0.1, -0.05) is 23.7 Å². The molecule has 0 saturated carbocycles. The van der Waals surface area contributed by atoms with Crippen molar-refractivity contribution in [3.63, 3.8) is 0 Å². The maximum absolute atomic E-state index is 13.0. The Kier molecular flexibility index (Phi) is 7.39. The van der Waals surface area contributed by atoms with Gasteiger partial charge in [-0.2, -0.15) is 4.98 Å². The van der Waals surface area contributed by atoms with Crippen molar-refractivity contribution in [2.24, 2.45) is 0 Å². The van der Waals surface area contributed by atoms with E-state index in [1.807, 2.05) is 32.0 Å². The molecule has 174 valence electrons. The van der Waals surface area contributed by atoms with Gasteiger partial charge in [0, 0.05) is 38.8 Å². The smallest absolute Gasteiger partial charge is 0.395 e. The highest BCUT2D eigenvalue weighted by molar-refractivity contribution is 7.53. The number of carbonyl (C=O) groups excluding carboxylic acids is 1. The Balaban J connectivity index is 1.49. The van der Waals surface area contributed by atoms with Crippen molar-refractivity contribution in [1.29, 1.82) is 0 Å². The fraction of sp³-hybridized carbons (Fsp3) is 0.364. The van der Waals surface area contributed by atoms with E-state index in [4.69, 9.17) is 16.7 Å². The van der Waals surface area contributed by atoms with Crippen LogP contribution in [-0.2, 0) is 0 Å². The van der Waals surface area contributed by atoms with Crippen LogP contribution in [0.15, 0.2) is 35.8 Å². The molecule has 0 aliphatic carbocycles. The molecule has 33 heavy (non-hydrogen) atoms. The molecule has 1 aliphatic rings. The number of thiazole rings is 1. The summed E-state index contributed by atoms with van der Waals surface area (Å²) in [6, 6.07) is 7.38. The van der Waals surface area contributed by atoms with E-state index in [1.165, 1.54) is 0 Å². The van der Waals surface area contributed by atoms with Crippen LogP contribution in [0.4, 0.5) is 27.2 Å². The summed E-state index contributed by atoms with van der Waals surface area (Å²) in [5.41, 5.74) is 1.50. The van der Waals surface area contributed by atoms with Gasteiger partial charge in [-0.15, -0.1) is 0 Å². The minimum atomic E-state index is -0.907. The van der Waals surface area contributed by atoms with Crippen LogP contribution in [0.5, 0.6) is 0 Å². The molecule has 1 saturated heterocycles. The van der Waals surface area contributed by atoms with Crippen LogP contribution in [0.3, 0.4) is 0 Å². The number of benzene rings is 1. The molecule has 1 atom stereocenters. The lowest BCUT2D eigenvalue weighted by molar-refractivity contribution is 0.188. The minimum Gasteiger partial charge on any atom is -0.395 e. The summed E-state index contributed by atoms with van der Waals surface area (Å²) in [7, 11) is -0.907. The van der Waals surface area contributed by atoms with Crippen molar-refractivity contribution >= 4 is 49.8 Å². The number of anilines is 4. The number of piperazine rings is 1. The second-order valence-electron chi connectivity index (χ2n) is 7.74. The number of β-amino-alcohol motifs (C(OH)–C–C–N with tert-alkyl or cyclic N) is 1. The molecule has 0 radical (unpaired) electrons. The molecule has 3 aromatic rings. The van der Waals surface area contributed by atoms with E-state index in [2.05, 4.69) is 35.4 Å². The minimum absolute atomic E-state index is 0.169. The van der Waals surface area contributed by atoms with Crippen molar-refractivity contribution in [3.05, 3.63) is 52.3 Å². The Morgan fingerprint density at radius 2 is 2.00 bits per heavy atom. The van der Waals surface area contributed by atoms with Crippen LogP contribution < -0.4 is 15.5 Å². The molecule has 1 fully saturated rings. The lowest BCUT2D eigenvalue weighted by Gasteiger charge is -2.35. The molecule has 1 amide bonds. The number of aryl methyl sites for hydroxylation is 2. The van der Waals surface area contributed by atoms with Gasteiger partial charge in [-0.3, -0.25) is 15.5 Å². The standard InChI is InChI=1S/C22H26ClN7O2S/c1-15-4-3-5-17(23)20(15)28-22(32)33-13-6-24-21(33)27-18-14-19(26-16(2)25-18)30-9-7-29(8-10-30)11-12-31/h3-6,13-14,31H,7-12H2,1-2H3,(H-,24,25,26,27,28,32)/p+1. The number of halogens is 1. The number of carbonyl (C=O) groups is 1. The van der Waals surface area contributed by atoms with E-state index in [-0.39, 0.29) is 11.8 Å². The summed E-state index contributed by atoms with van der Waals surface area (Å²) in [6.07, 6.45) is 1.62. The van der Waals surface area contributed by atoms with E-state index in [0.29, 0.717) is 34.0 Å². The maximum atomic E-state index is 13.0. The summed E-state index contributed by atoms with van der Waals surface area (Å²) in [6.45, 7) is 7.99. The number of para-hydroxylation sites is 1. The van der Waals surface area contributed by atoms with Gasteiger partial charge in [0.25, 0.3) is 0 Å². The fourth-order valence-electron chi connectivity index (χ4n) is 3.69. The highest BCUT2D eigenvalue weighted by Gasteiger charge is 2.27. The van der Waals surface area contributed by atoms with Crippen LogP contribution in [0, 0.1) is 13.8 Å². The number of amides is 1. The lowest BCUT2D eigenvalue weighted by atomic mass is 10.2. The average Bonchev–Trinajstić information content (AvgIpc) is 3.25. The largest absolute Gasteiger partial charge is 0.463 e. The second-order valence-corrected chi connectivity index (χ2v) is 9.85. The first kappa shape index (κ1) is 23.4. The first-order valence-electron chi connectivity index (χ1n) is 10.7. The number of rotatable bonds is 7. The number of aliphatic hydroxyl groups is 1. The van der Waals surface area contributed by atoms with Crippen LogP contribution in [0.2, 0.25) is 5.02 Å². The van der Waals surface area contributed by atoms with Gasteiger partial charge >= 0.3 is 10.4 Å². The zero-order valence-electron chi connectivity index (χ0n) is 18.6. The quantitative estimate of drug-likeness (QED) is 0.431. The van der Waals surface area contributed by atoms with Crippen LogP contribution in [-0.4, -0.2) is 69.5 Å². The molecule has 0 spiro atoms. The number of hydrogen-bond acceptors (Lipinski definition) is 8. The molecular weight excluding hydrogens is 462 g/mol. The molecule has 1 unspecified atom stereocenters. The van der Waals surface area contributed by atoms with Crippen LogP contribution in [0.1, 0.15) is 11.4 Å². The lowest BCUT2D eigenvalue weighted by Crippen LogP contribution is -2.47. The molecule has 2 aromatic heterocycles. The molecule has 11 heteroatoms. The molecule has 3 heterocycles. The van der Waals surface area contributed by atoms with Crippen molar-refractivity contribution in [2.75, 3.05) is 54.9 Å². The molecule has 3 N–H and O–H groups in total. The molecule has 9 nitrogen and oxygen atoms in total. The van der Waals surface area contributed by atoms with Gasteiger partial charge in [-0.25, -0.2) is 14.8 Å². The molecule has 0 bridgehead atoms. The topological polar surface area (TPSA) is 107 Å². The number of aliphatic hydroxyl groups excluding tert-OH is 1. The number of aromatic nitrogens is 3. The third-order valence-corrected chi connectivity index (χ3v) is 7.25. The van der Waals surface area contributed by atoms with Crippen LogP contribution in [0.25, 0.3) is 0 Å². The SMILES string of the molecule is Cc1nc(Nc2ncc[s+]2C(=O)Nc2c(C)cccc2Cl)cc(N2CCN(CCO)CC2)n1. The van der Waals surface area contributed by atoms with Crippen molar-refractivity contribution in [2.45, 2.75) is 13.8 Å². The maximum Gasteiger partial charge on any atom is 0.463 e. The Bertz CT molecular complexity index is 1110. The fourth-order valence-corrected chi connectivity index (χ4v) is 5.17. The van der Waals surface area contributed by atoms with Gasteiger partial charge in [0.15, 0.2) is 5.38 Å². The second kappa shape index (κ2) is 10.4. The molecular formula is C22H27ClN7O2S+. The zero-order chi connectivity index (χ0) is 23.4. The Labute approximate surface area is 200 Å². The first-order valence-corrected chi connectivity index (χ1v) is 12.4. The summed E-state index contributed by atoms with van der Waals surface area (Å²) in [5, 5.41) is 17.9. The van der Waals surface area contributed by atoms with Crippen molar-refractivity contribution in [1.82, 2.24) is 19.9 Å². The van der Waals surface area contributed by atoms with Gasteiger partial charge in [0.1, 0.15) is 27.9 Å². The van der Waals surface area contributed by atoms with Crippen molar-refractivity contribution in [3.8, 4) is 0 Å². The highest BCUT2D eigenvalue weighted by Crippen LogP contribution is 2.34. The van der Waals surface area contributed by atoms with Gasteiger partial charge in [-0.05, 0) is 25.5 Å². The summed E-state index contributed by atoms with van der Waals surface area (Å²) >= 11 is 6.27. The average molecular weight is 489 g/mol. The molecule has 4 rings (SSSR count). The normalized spacial score (nSPS) is 14.9. The Morgan fingerprint density at radius 3 is 2.73 bits per heavy atom. The number of hydrogen-bond donors (Lipinski definition) is 3. The van der Waals surface area contributed by atoms with Crippen molar-refractivity contribution < 1.29 is 9.90 Å². The van der Waals surface area contributed by atoms with E-state index in [1.54, 1.807) is 17.6 Å². The first-order chi connectivity index (χ1) is 15.9. The summed E-state index contributed by atoms with van der Waals surface area (Å²) in [5.74, 6) is 2.06. The van der Waals surface area contributed by atoms with E-state index in [9.17, 15) is 4.79 Å². The summed E-state index contributed by atoms with van der Waals surface area (Å²) in [4.78, 5) is 30.9. The number of nitrogens with one attached hydrogen (secondary N) is 2. The van der Waals surface area contributed by atoms with Gasteiger partial charge in [0.2, 0.25) is 0 Å². The third-order valence-electron chi connectivity index (χ3n) is 5.42. The predicted molar refractivity (Wildman–Crippen MR) is 133 cm³/mol. The molecule has 1 aliphatic heterocycles. The van der Waals surface area contributed by atoms with Gasteiger partial charge in [0.05, 0.1) is 23.5 Å². The van der Waals surface area contributed by atoms with E-state index >= 15 is 0 Å². The molecule has 1 aromatic carbocycles. The van der Waals surface area contributed by atoms with Crippen LogP contribution >= 0.6 is 22.1 Å². The van der Waals surface area contributed by atoms with Gasteiger partial charge < -0.3 is 10.0 Å². The monoisotopic (exact) mass is 488 g/mol. The number of nitrogens with zero attached hydrogens (tertiary/aromatic N) is 5. The third kappa shape index (κ3) is 5.59. The highest BCUT2D eigenvalue weighted by atomic mass is 35.5. The van der Waals surface area contributed by atoms with E-state index < -0.39 is 10.5 Å². The zero-order valence-corrected chi connectivity index (χ0v) is 20.2. The van der Waals surface area contributed by atoms with E-state index in [0.717, 1.165) is 37.6 Å². The Hall–Kier alpha value is -2.79. The summed E-state index contributed by atoms with van der Waals surface area (Å²) < 4.78 is 0. The Morgan fingerprint density at radius 1 is 1.21 bits per heavy atom. The predicted octanol–water partition coefficient (Wildman–Crippen LogP) is 3.83.